The second kappa shape index (κ2) is 7.94. The summed E-state index contributed by atoms with van der Waals surface area (Å²) in [5, 5.41) is 2.75. The Bertz CT molecular complexity index is 791. The van der Waals surface area contributed by atoms with Crippen molar-refractivity contribution in [1.29, 1.82) is 0 Å². The van der Waals surface area contributed by atoms with Crippen LogP contribution in [-0.4, -0.2) is 27.1 Å². The smallest absolute Gasteiger partial charge is 0.235 e. The van der Waals surface area contributed by atoms with Crippen LogP contribution in [0, 0.1) is 0 Å². The molecule has 0 aromatic heterocycles. The minimum absolute atomic E-state index is 0.301. The van der Waals surface area contributed by atoms with E-state index in [0.717, 1.165) is 11.8 Å². The molecule has 0 unspecified atom stereocenters. The summed E-state index contributed by atoms with van der Waals surface area (Å²) in [4.78, 5) is 11.9. The van der Waals surface area contributed by atoms with Crippen LogP contribution in [0.5, 0.6) is 11.5 Å². The van der Waals surface area contributed by atoms with Crippen molar-refractivity contribution in [1.82, 2.24) is 10.0 Å². The maximum Gasteiger partial charge on any atom is 0.235 e. The van der Waals surface area contributed by atoms with Gasteiger partial charge in [0.15, 0.2) is 0 Å². The molecule has 0 radical (unpaired) electrons. The molecule has 0 spiro atoms. The third kappa shape index (κ3) is 5.68. The summed E-state index contributed by atoms with van der Waals surface area (Å²) in [7, 11) is -3.40. The molecule has 0 fully saturated rings. The maximum absolute atomic E-state index is 11.9. The van der Waals surface area contributed by atoms with E-state index in [0.29, 0.717) is 11.5 Å². The average molecular weight is 348 g/mol. The van der Waals surface area contributed by atoms with E-state index in [9.17, 15) is 13.2 Å². The summed E-state index contributed by atoms with van der Waals surface area (Å²) in [5.74, 6) is 0.914. The molecule has 128 valence electrons. The molecule has 0 saturated carbocycles. The van der Waals surface area contributed by atoms with Gasteiger partial charge in [-0.05, 0) is 25.1 Å². The molecule has 0 bridgehead atoms. The van der Waals surface area contributed by atoms with Crippen molar-refractivity contribution < 1.29 is 17.9 Å². The topological polar surface area (TPSA) is 84.5 Å². The molecule has 7 heteroatoms. The van der Waals surface area contributed by atoms with Crippen LogP contribution in [-0.2, 0) is 14.8 Å². The predicted molar refractivity (Wildman–Crippen MR) is 92.4 cm³/mol. The molecule has 1 atom stereocenters. The number of hydrogen-bond donors (Lipinski definition) is 2. The number of carbonyl (C=O) groups excluding carboxylic acids is 1. The molecular formula is C17H20N2O4S. The number of hydrogen-bond acceptors (Lipinski definition) is 4. The Kier molecular flexibility index (Phi) is 5.94. The summed E-state index contributed by atoms with van der Waals surface area (Å²) in [5.41, 5.74) is 0.800. The zero-order valence-electron chi connectivity index (χ0n) is 13.5. The summed E-state index contributed by atoms with van der Waals surface area (Å²) in [6.45, 7) is 1.51. The number of benzene rings is 2. The van der Waals surface area contributed by atoms with Gasteiger partial charge in [0.25, 0.3) is 0 Å². The highest BCUT2D eigenvalue weighted by molar-refractivity contribution is 7.88. The van der Waals surface area contributed by atoms with Crippen LogP contribution in [0.15, 0.2) is 54.6 Å². The lowest BCUT2D eigenvalue weighted by atomic mass is 10.1. The SMILES string of the molecule is C[C@H](NC(=O)CNS(C)(=O)=O)c1ccccc1Oc1ccccc1. The van der Waals surface area contributed by atoms with Crippen molar-refractivity contribution >= 4 is 15.9 Å². The van der Waals surface area contributed by atoms with Crippen LogP contribution in [0.4, 0.5) is 0 Å². The van der Waals surface area contributed by atoms with Gasteiger partial charge in [0.1, 0.15) is 11.5 Å². The molecule has 2 aromatic rings. The van der Waals surface area contributed by atoms with E-state index in [-0.39, 0.29) is 12.6 Å². The van der Waals surface area contributed by atoms with Crippen LogP contribution >= 0.6 is 0 Å². The van der Waals surface area contributed by atoms with Gasteiger partial charge in [-0.2, -0.15) is 0 Å². The van der Waals surface area contributed by atoms with Gasteiger partial charge >= 0.3 is 0 Å². The average Bonchev–Trinajstić information content (AvgIpc) is 2.54. The van der Waals surface area contributed by atoms with E-state index < -0.39 is 15.9 Å². The normalized spacial score (nSPS) is 12.4. The summed E-state index contributed by atoms with van der Waals surface area (Å²) in [6, 6.07) is 16.4. The van der Waals surface area contributed by atoms with Gasteiger partial charge in [0.2, 0.25) is 15.9 Å². The summed E-state index contributed by atoms with van der Waals surface area (Å²) in [6.07, 6.45) is 1.01. The highest BCUT2D eigenvalue weighted by atomic mass is 32.2. The van der Waals surface area contributed by atoms with Crippen molar-refractivity contribution in [2.75, 3.05) is 12.8 Å². The summed E-state index contributed by atoms with van der Waals surface area (Å²) < 4.78 is 30.1. The van der Waals surface area contributed by atoms with Gasteiger partial charge in [0, 0.05) is 5.56 Å². The lowest BCUT2D eigenvalue weighted by Crippen LogP contribution is -2.37. The van der Waals surface area contributed by atoms with Crippen LogP contribution in [0.1, 0.15) is 18.5 Å². The Labute approximate surface area is 141 Å². The Balaban J connectivity index is 2.06. The standard InChI is InChI=1S/C17H20N2O4S/c1-13(19-17(20)12-18-24(2,21)22)15-10-6-7-11-16(15)23-14-8-4-3-5-9-14/h3-11,13,18H,12H2,1-2H3,(H,19,20)/t13-/m0/s1. The van der Waals surface area contributed by atoms with Crippen LogP contribution in [0.2, 0.25) is 0 Å². The predicted octanol–water partition coefficient (Wildman–Crippen LogP) is 2.21. The molecule has 1 amide bonds. The third-order valence-electron chi connectivity index (χ3n) is 3.23. The van der Waals surface area contributed by atoms with Gasteiger partial charge in [-0.25, -0.2) is 13.1 Å². The molecule has 0 heterocycles. The van der Waals surface area contributed by atoms with Crippen LogP contribution in [0.3, 0.4) is 0 Å². The Morgan fingerprint density at radius 2 is 1.71 bits per heavy atom. The number of nitrogens with one attached hydrogen (secondary N) is 2. The molecular weight excluding hydrogens is 328 g/mol. The molecule has 0 saturated heterocycles. The minimum Gasteiger partial charge on any atom is -0.457 e. The first-order valence-electron chi connectivity index (χ1n) is 7.41. The molecule has 0 aliphatic rings. The molecule has 24 heavy (non-hydrogen) atoms. The maximum atomic E-state index is 11.9. The zero-order chi connectivity index (χ0) is 17.6. The van der Waals surface area contributed by atoms with Crippen molar-refractivity contribution in [2.45, 2.75) is 13.0 Å². The number of rotatable bonds is 7. The minimum atomic E-state index is -3.40. The fourth-order valence-electron chi connectivity index (χ4n) is 2.11. The first kappa shape index (κ1) is 18.0. The highest BCUT2D eigenvalue weighted by Gasteiger charge is 2.15. The molecule has 0 aliphatic carbocycles. The van der Waals surface area contributed by atoms with Crippen molar-refractivity contribution in [3.63, 3.8) is 0 Å². The van der Waals surface area contributed by atoms with Gasteiger partial charge < -0.3 is 10.1 Å². The Morgan fingerprint density at radius 1 is 1.08 bits per heavy atom. The van der Waals surface area contributed by atoms with E-state index in [4.69, 9.17) is 4.74 Å². The second-order valence-electron chi connectivity index (χ2n) is 5.34. The van der Waals surface area contributed by atoms with Crippen molar-refractivity contribution in [3.8, 4) is 11.5 Å². The number of ether oxygens (including phenoxy) is 1. The first-order valence-corrected chi connectivity index (χ1v) is 9.30. The van der Waals surface area contributed by atoms with E-state index in [1.807, 2.05) is 61.5 Å². The van der Waals surface area contributed by atoms with E-state index in [1.165, 1.54) is 0 Å². The molecule has 0 aliphatic heterocycles. The van der Waals surface area contributed by atoms with Gasteiger partial charge in [0.05, 0.1) is 18.8 Å². The number of amides is 1. The monoisotopic (exact) mass is 348 g/mol. The molecule has 6 nitrogen and oxygen atoms in total. The number of para-hydroxylation sites is 2. The lowest BCUT2D eigenvalue weighted by molar-refractivity contribution is -0.120. The van der Waals surface area contributed by atoms with Gasteiger partial charge in [-0.1, -0.05) is 36.4 Å². The highest BCUT2D eigenvalue weighted by Crippen LogP contribution is 2.29. The van der Waals surface area contributed by atoms with Crippen molar-refractivity contribution in [3.05, 3.63) is 60.2 Å². The lowest BCUT2D eigenvalue weighted by Gasteiger charge is -2.18. The fraction of sp³-hybridized carbons (Fsp3) is 0.235. The van der Waals surface area contributed by atoms with Crippen LogP contribution < -0.4 is 14.8 Å². The molecule has 2 N–H and O–H groups in total. The Morgan fingerprint density at radius 3 is 2.38 bits per heavy atom. The zero-order valence-corrected chi connectivity index (χ0v) is 14.3. The van der Waals surface area contributed by atoms with E-state index in [2.05, 4.69) is 10.0 Å². The number of sulfonamides is 1. The Hall–Kier alpha value is -2.38. The largest absolute Gasteiger partial charge is 0.457 e. The van der Waals surface area contributed by atoms with Crippen molar-refractivity contribution in [2.24, 2.45) is 0 Å². The number of carbonyl (C=O) groups is 1. The van der Waals surface area contributed by atoms with Gasteiger partial charge in [-0.3, -0.25) is 4.79 Å². The fourth-order valence-corrected chi connectivity index (χ4v) is 2.51. The molecule has 2 rings (SSSR count). The molecule has 2 aromatic carbocycles. The van der Waals surface area contributed by atoms with E-state index in [1.54, 1.807) is 0 Å². The quantitative estimate of drug-likeness (QED) is 0.803. The van der Waals surface area contributed by atoms with E-state index >= 15 is 0 Å². The third-order valence-corrected chi connectivity index (χ3v) is 3.90. The van der Waals surface area contributed by atoms with Crippen LogP contribution in [0.25, 0.3) is 0 Å². The first-order chi connectivity index (χ1) is 11.3. The summed E-state index contributed by atoms with van der Waals surface area (Å²) >= 11 is 0. The van der Waals surface area contributed by atoms with Gasteiger partial charge in [-0.15, -0.1) is 0 Å². The second-order valence-corrected chi connectivity index (χ2v) is 7.17.